The van der Waals surface area contributed by atoms with Crippen molar-refractivity contribution in [3.05, 3.63) is 29.8 Å². The number of ether oxygens (including phenoxy) is 2. The quantitative estimate of drug-likeness (QED) is 0.326. The summed E-state index contributed by atoms with van der Waals surface area (Å²) in [5.74, 6) is 1.27. The van der Waals surface area contributed by atoms with Crippen molar-refractivity contribution in [2.75, 3.05) is 39.4 Å². The SMILES string of the molecule is CCNC(=NCCc1ccc(OCC(=O)NC2CC2)cc1)N1CCCC(C(=O)OCC)C1. The van der Waals surface area contributed by atoms with Crippen LogP contribution in [0.2, 0.25) is 0 Å². The van der Waals surface area contributed by atoms with Crippen molar-refractivity contribution < 1.29 is 19.1 Å². The molecule has 1 amide bonds. The molecule has 0 aromatic heterocycles. The zero-order valence-electron chi connectivity index (χ0n) is 19.3. The van der Waals surface area contributed by atoms with E-state index in [1.807, 2.05) is 38.1 Å². The van der Waals surface area contributed by atoms with Gasteiger partial charge in [0.15, 0.2) is 12.6 Å². The number of aliphatic imine (C=N–C) groups is 1. The molecule has 3 rings (SSSR count). The van der Waals surface area contributed by atoms with Crippen LogP contribution >= 0.6 is 0 Å². The Bertz CT molecular complexity index is 777. The van der Waals surface area contributed by atoms with Crippen LogP contribution in [0.25, 0.3) is 0 Å². The monoisotopic (exact) mass is 444 g/mol. The third-order valence-corrected chi connectivity index (χ3v) is 5.57. The highest BCUT2D eigenvalue weighted by Crippen LogP contribution is 2.19. The van der Waals surface area contributed by atoms with Gasteiger partial charge in [-0.15, -0.1) is 0 Å². The molecule has 1 unspecified atom stereocenters. The van der Waals surface area contributed by atoms with E-state index in [0.717, 1.165) is 56.7 Å². The average molecular weight is 445 g/mol. The molecule has 0 spiro atoms. The van der Waals surface area contributed by atoms with Crippen LogP contribution in [-0.4, -0.2) is 68.2 Å². The number of nitrogens with one attached hydrogen (secondary N) is 2. The maximum atomic E-state index is 12.1. The first-order valence-electron chi connectivity index (χ1n) is 11.8. The molecule has 176 valence electrons. The second-order valence-electron chi connectivity index (χ2n) is 8.30. The Morgan fingerprint density at radius 2 is 1.94 bits per heavy atom. The summed E-state index contributed by atoms with van der Waals surface area (Å²) < 4.78 is 10.8. The first-order chi connectivity index (χ1) is 15.6. The van der Waals surface area contributed by atoms with Crippen molar-refractivity contribution in [2.45, 2.75) is 52.0 Å². The number of amides is 1. The number of carbonyl (C=O) groups is 2. The maximum absolute atomic E-state index is 12.1. The smallest absolute Gasteiger partial charge is 0.310 e. The van der Waals surface area contributed by atoms with Crippen LogP contribution in [-0.2, 0) is 20.7 Å². The number of rotatable bonds is 10. The molecule has 1 heterocycles. The molecule has 1 atom stereocenters. The molecule has 2 aliphatic rings. The van der Waals surface area contributed by atoms with Gasteiger partial charge in [-0.1, -0.05) is 12.1 Å². The number of hydrogen-bond donors (Lipinski definition) is 2. The van der Waals surface area contributed by atoms with Crippen LogP contribution < -0.4 is 15.4 Å². The first kappa shape index (κ1) is 23.9. The van der Waals surface area contributed by atoms with Crippen LogP contribution in [0.15, 0.2) is 29.3 Å². The Hall–Kier alpha value is -2.77. The van der Waals surface area contributed by atoms with Gasteiger partial charge in [0.2, 0.25) is 0 Å². The standard InChI is InChI=1S/C24H36N4O4/c1-3-25-24(28-15-5-6-19(16-28)23(30)31-4-2)26-14-13-18-7-11-21(12-8-18)32-17-22(29)27-20-9-10-20/h7-8,11-12,19-20H,3-6,9-10,13-17H2,1-2H3,(H,25,26)(H,27,29). The summed E-state index contributed by atoms with van der Waals surface area (Å²) in [4.78, 5) is 30.8. The summed E-state index contributed by atoms with van der Waals surface area (Å²) in [5, 5.41) is 6.26. The first-order valence-corrected chi connectivity index (χ1v) is 11.8. The molecule has 2 fully saturated rings. The van der Waals surface area contributed by atoms with E-state index in [1.165, 1.54) is 0 Å². The van der Waals surface area contributed by atoms with Gasteiger partial charge < -0.3 is 25.0 Å². The number of hydrogen-bond acceptors (Lipinski definition) is 5. The molecule has 8 heteroatoms. The maximum Gasteiger partial charge on any atom is 0.310 e. The van der Waals surface area contributed by atoms with Crippen molar-refractivity contribution in [2.24, 2.45) is 10.9 Å². The van der Waals surface area contributed by atoms with E-state index in [4.69, 9.17) is 14.5 Å². The lowest BCUT2D eigenvalue weighted by molar-refractivity contribution is -0.149. The topological polar surface area (TPSA) is 92.3 Å². The van der Waals surface area contributed by atoms with Gasteiger partial charge >= 0.3 is 5.97 Å². The Morgan fingerprint density at radius 1 is 1.16 bits per heavy atom. The highest BCUT2D eigenvalue weighted by Gasteiger charge is 2.28. The Labute approximate surface area is 190 Å². The van der Waals surface area contributed by atoms with Crippen molar-refractivity contribution >= 4 is 17.8 Å². The number of guanidine groups is 1. The molecule has 1 aromatic carbocycles. The highest BCUT2D eigenvalue weighted by molar-refractivity contribution is 5.81. The lowest BCUT2D eigenvalue weighted by Crippen LogP contribution is -2.48. The predicted molar refractivity (Wildman–Crippen MR) is 124 cm³/mol. The van der Waals surface area contributed by atoms with Crippen LogP contribution in [0, 0.1) is 5.92 Å². The molecule has 1 saturated carbocycles. The minimum absolute atomic E-state index is 0.0504. The molecule has 0 radical (unpaired) electrons. The van der Waals surface area contributed by atoms with E-state index >= 15 is 0 Å². The summed E-state index contributed by atoms with van der Waals surface area (Å²) in [5.41, 5.74) is 1.16. The molecular weight excluding hydrogens is 408 g/mol. The van der Waals surface area contributed by atoms with Gasteiger partial charge in [-0.3, -0.25) is 14.6 Å². The molecule has 1 aliphatic carbocycles. The van der Waals surface area contributed by atoms with Crippen molar-refractivity contribution in [1.29, 1.82) is 0 Å². The van der Waals surface area contributed by atoms with E-state index in [-0.39, 0.29) is 24.4 Å². The van der Waals surface area contributed by atoms with Gasteiger partial charge in [-0.25, -0.2) is 0 Å². The summed E-state index contributed by atoms with van der Waals surface area (Å²) >= 11 is 0. The zero-order chi connectivity index (χ0) is 22.8. The van der Waals surface area contributed by atoms with Crippen LogP contribution in [0.4, 0.5) is 0 Å². The number of likely N-dealkylation sites (tertiary alicyclic amines) is 1. The fourth-order valence-corrected chi connectivity index (χ4v) is 3.74. The van der Waals surface area contributed by atoms with Gasteiger partial charge in [-0.05, 0) is 63.6 Å². The second-order valence-corrected chi connectivity index (χ2v) is 8.30. The predicted octanol–water partition coefficient (Wildman–Crippen LogP) is 2.13. The van der Waals surface area contributed by atoms with Gasteiger partial charge in [-0.2, -0.15) is 0 Å². The molecule has 1 aliphatic heterocycles. The number of benzene rings is 1. The minimum atomic E-state index is -0.111. The summed E-state index contributed by atoms with van der Waals surface area (Å²) in [6.45, 7) is 7.32. The minimum Gasteiger partial charge on any atom is -0.484 e. The van der Waals surface area contributed by atoms with E-state index in [0.29, 0.717) is 31.5 Å². The van der Waals surface area contributed by atoms with E-state index in [1.54, 1.807) is 0 Å². The third-order valence-electron chi connectivity index (χ3n) is 5.57. The molecule has 32 heavy (non-hydrogen) atoms. The molecule has 8 nitrogen and oxygen atoms in total. The summed E-state index contributed by atoms with van der Waals surface area (Å²) in [7, 11) is 0. The lowest BCUT2D eigenvalue weighted by Gasteiger charge is -2.34. The van der Waals surface area contributed by atoms with Gasteiger partial charge in [0, 0.05) is 32.2 Å². The van der Waals surface area contributed by atoms with E-state index in [2.05, 4.69) is 15.5 Å². The fourth-order valence-electron chi connectivity index (χ4n) is 3.74. The zero-order valence-corrected chi connectivity index (χ0v) is 19.3. The highest BCUT2D eigenvalue weighted by atomic mass is 16.5. The summed E-state index contributed by atoms with van der Waals surface area (Å²) in [6.07, 6.45) is 4.76. The normalized spacial score (nSPS) is 18.8. The summed E-state index contributed by atoms with van der Waals surface area (Å²) in [6, 6.07) is 8.15. The van der Waals surface area contributed by atoms with Crippen molar-refractivity contribution in [3.63, 3.8) is 0 Å². The number of nitrogens with zero attached hydrogens (tertiary/aromatic N) is 2. The Kier molecular flexibility index (Phi) is 9.19. The fraction of sp³-hybridized carbons (Fsp3) is 0.625. The van der Waals surface area contributed by atoms with Gasteiger partial charge in [0.05, 0.1) is 12.5 Å². The van der Waals surface area contributed by atoms with E-state index in [9.17, 15) is 9.59 Å². The largest absolute Gasteiger partial charge is 0.484 e. The Balaban J connectivity index is 1.47. The van der Waals surface area contributed by atoms with Crippen LogP contribution in [0.5, 0.6) is 5.75 Å². The van der Waals surface area contributed by atoms with Gasteiger partial charge in [0.1, 0.15) is 5.75 Å². The number of esters is 1. The Morgan fingerprint density at radius 3 is 2.62 bits per heavy atom. The molecule has 1 saturated heterocycles. The molecule has 2 N–H and O–H groups in total. The number of carbonyl (C=O) groups excluding carboxylic acids is 2. The average Bonchev–Trinajstić information content (AvgIpc) is 3.62. The van der Waals surface area contributed by atoms with Gasteiger partial charge in [0.25, 0.3) is 5.91 Å². The van der Waals surface area contributed by atoms with Crippen LogP contribution in [0.3, 0.4) is 0 Å². The van der Waals surface area contributed by atoms with Crippen LogP contribution in [0.1, 0.15) is 45.1 Å². The lowest BCUT2D eigenvalue weighted by atomic mass is 9.98. The second kappa shape index (κ2) is 12.3. The van der Waals surface area contributed by atoms with Crippen molar-refractivity contribution in [3.8, 4) is 5.75 Å². The number of piperidine rings is 1. The molecular formula is C24H36N4O4. The molecule has 1 aromatic rings. The molecule has 0 bridgehead atoms. The van der Waals surface area contributed by atoms with Crippen molar-refractivity contribution in [1.82, 2.24) is 15.5 Å². The third kappa shape index (κ3) is 7.73. The van der Waals surface area contributed by atoms with E-state index < -0.39 is 0 Å².